The Bertz CT molecular complexity index is 510. The van der Waals surface area contributed by atoms with Gasteiger partial charge in [-0.15, -0.1) is 0 Å². The van der Waals surface area contributed by atoms with Crippen molar-refractivity contribution >= 4 is 12.2 Å². The highest BCUT2D eigenvalue weighted by Gasteiger charge is 1.85. The summed E-state index contributed by atoms with van der Waals surface area (Å²) >= 11 is 0. The summed E-state index contributed by atoms with van der Waals surface area (Å²) in [7, 11) is 0. The first kappa shape index (κ1) is 11.1. The van der Waals surface area contributed by atoms with E-state index in [4.69, 9.17) is 4.52 Å². The van der Waals surface area contributed by atoms with Gasteiger partial charge in [-0.1, -0.05) is 35.5 Å². The second-order valence-corrected chi connectivity index (χ2v) is 3.28. The zero-order chi connectivity index (χ0) is 11.8. The molecule has 0 saturated heterocycles. The minimum atomic E-state index is 0.809. The normalized spacial score (nSPS) is 12.0. The lowest BCUT2D eigenvalue weighted by Gasteiger charge is -1.87. The van der Waals surface area contributed by atoms with Crippen LogP contribution >= 0.6 is 0 Å². The minimum Gasteiger partial charge on any atom is -0.364 e. The van der Waals surface area contributed by atoms with Crippen molar-refractivity contribution in [1.82, 2.24) is 10.1 Å². The third-order valence-corrected chi connectivity index (χ3v) is 2.01. The lowest BCUT2D eigenvalue weighted by Crippen LogP contribution is -1.74. The molecule has 0 atom stereocenters. The van der Waals surface area contributed by atoms with Crippen LogP contribution in [0.2, 0.25) is 0 Å². The molecule has 3 nitrogen and oxygen atoms in total. The summed E-state index contributed by atoms with van der Waals surface area (Å²) in [6, 6.07) is 7.61. The van der Waals surface area contributed by atoms with E-state index < -0.39 is 0 Å². The molecule has 0 radical (unpaired) electrons. The van der Waals surface area contributed by atoms with Crippen LogP contribution in [0.4, 0.5) is 0 Å². The summed E-state index contributed by atoms with van der Waals surface area (Å²) in [5.41, 5.74) is 1.75. The Kier molecular flexibility index (Phi) is 4.06. The van der Waals surface area contributed by atoms with Crippen molar-refractivity contribution in [2.45, 2.75) is 0 Å². The Morgan fingerprint density at radius 2 is 1.71 bits per heavy atom. The van der Waals surface area contributed by atoms with Crippen LogP contribution in [0, 0.1) is 0 Å². The summed E-state index contributed by atoms with van der Waals surface area (Å²) in [5.74, 6) is 0. The monoisotopic (exact) mass is 224 g/mol. The highest BCUT2D eigenvalue weighted by molar-refractivity contribution is 5.48. The molecule has 0 unspecified atom stereocenters. The fourth-order valence-corrected chi connectivity index (χ4v) is 1.22. The van der Waals surface area contributed by atoms with E-state index in [0.717, 1.165) is 11.4 Å². The largest absolute Gasteiger partial charge is 0.364 e. The number of rotatable bonds is 4. The highest BCUT2D eigenvalue weighted by Crippen LogP contribution is 1.98. The molecular weight excluding hydrogens is 212 g/mol. The second kappa shape index (κ2) is 6.23. The SMILES string of the molecule is C(=C\C=C\c1ccon1)/C=C/c1ccccn1. The zero-order valence-corrected chi connectivity index (χ0v) is 9.23. The standard InChI is InChI=1S/C14H12N2O/c1(2-4-9-14-10-12-17-16-14)3-7-13-8-5-6-11-15-13/h1-12H/b2-1+,7-3+,9-4+. The van der Waals surface area contributed by atoms with Gasteiger partial charge >= 0.3 is 0 Å². The van der Waals surface area contributed by atoms with Crippen LogP contribution in [0.1, 0.15) is 11.4 Å². The number of hydrogen-bond acceptors (Lipinski definition) is 3. The highest BCUT2D eigenvalue weighted by atomic mass is 16.5. The fourth-order valence-electron chi connectivity index (χ4n) is 1.22. The van der Waals surface area contributed by atoms with Gasteiger partial charge in [-0.25, -0.2) is 0 Å². The number of hydrogen-bond donors (Lipinski definition) is 0. The van der Waals surface area contributed by atoms with Gasteiger partial charge in [0.1, 0.15) is 12.0 Å². The van der Waals surface area contributed by atoms with E-state index in [1.807, 2.05) is 54.7 Å². The smallest absolute Gasteiger partial charge is 0.124 e. The van der Waals surface area contributed by atoms with E-state index >= 15 is 0 Å². The Morgan fingerprint density at radius 3 is 2.35 bits per heavy atom. The third kappa shape index (κ3) is 3.91. The van der Waals surface area contributed by atoms with Gasteiger partial charge in [0.05, 0.1) is 5.69 Å². The predicted molar refractivity (Wildman–Crippen MR) is 67.9 cm³/mol. The third-order valence-electron chi connectivity index (χ3n) is 2.01. The van der Waals surface area contributed by atoms with Gasteiger partial charge in [-0.2, -0.15) is 0 Å². The van der Waals surface area contributed by atoms with Crippen molar-refractivity contribution in [1.29, 1.82) is 0 Å². The number of aromatic nitrogens is 2. The number of pyridine rings is 1. The van der Waals surface area contributed by atoms with Crippen molar-refractivity contribution in [3.05, 3.63) is 72.4 Å². The Hall–Kier alpha value is -2.42. The van der Waals surface area contributed by atoms with Crippen LogP contribution in [-0.2, 0) is 0 Å². The molecule has 0 aliphatic carbocycles. The lowest BCUT2D eigenvalue weighted by molar-refractivity contribution is 0.418. The quantitative estimate of drug-likeness (QED) is 0.747. The average molecular weight is 224 g/mol. The van der Waals surface area contributed by atoms with Crippen LogP contribution < -0.4 is 0 Å². The molecule has 2 aromatic rings. The van der Waals surface area contributed by atoms with Crippen LogP contribution in [0.15, 0.2) is 65.6 Å². The Labute approximate surface area is 99.8 Å². The van der Waals surface area contributed by atoms with Crippen molar-refractivity contribution in [3.63, 3.8) is 0 Å². The van der Waals surface area contributed by atoms with Crippen LogP contribution in [0.3, 0.4) is 0 Å². The predicted octanol–water partition coefficient (Wildman–Crippen LogP) is 3.35. The molecule has 0 bridgehead atoms. The summed E-state index contributed by atoms with van der Waals surface area (Å²) in [6.07, 6.45) is 14.8. The Morgan fingerprint density at radius 1 is 0.882 bits per heavy atom. The van der Waals surface area contributed by atoms with Crippen molar-refractivity contribution < 1.29 is 4.52 Å². The fraction of sp³-hybridized carbons (Fsp3) is 0. The maximum atomic E-state index is 4.70. The van der Waals surface area contributed by atoms with Crippen molar-refractivity contribution in [2.75, 3.05) is 0 Å². The summed E-state index contributed by atoms with van der Waals surface area (Å²) in [4.78, 5) is 4.18. The molecule has 0 fully saturated rings. The van der Waals surface area contributed by atoms with Crippen LogP contribution in [0.5, 0.6) is 0 Å². The first-order chi connectivity index (χ1) is 8.45. The number of nitrogens with zero attached hydrogens (tertiary/aromatic N) is 2. The van der Waals surface area contributed by atoms with E-state index in [9.17, 15) is 0 Å². The molecule has 0 aliphatic rings. The second-order valence-electron chi connectivity index (χ2n) is 3.28. The molecule has 2 heterocycles. The molecule has 3 heteroatoms. The van der Waals surface area contributed by atoms with Gasteiger partial charge in [0.2, 0.25) is 0 Å². The van der Waals surface area contributed by atoms with E-state index in [-0.39, 0.29) is 0 Å². The zero-order valence-electron chi connectivity index (χ0n) is 9.23. The molecule has 2 rings (SSSR count). The van der Waals surface area contributed by atoms with Gasteiger partial charge in [-0.05, 0) is 24.3 Å². The lowest BCUT2D eigenvalue weighted by atomic mass is 10.3. The van der Waals surface area contributed by atoms with E-state index in [1.54, 1.807) is 18.5 Å². The average Bonchev–Trinajstić information content (AvgIpc) is 2.88. The topological polar surface area (TPSA) is 38.9 Å². The molecule has 2 aromatic heterocycles. The molecule has 0 amide bonds. The van der Waals surface area contributed by atoms with Gasteiger partial charge in [0, 0.05) is 12.3 Å². The molecule has 84 valence electrons. The summed E-state index contributed by atoms with van der Waals surface area (Å²) < 4.78 is 4.70. The molecule has 0 aromatic carbocycles. The summed E-state index contributed by atoms with van der Waals surface area (Å²) in [6.45, 7) is 0. The first-order valence-electron chi connectivity index (χ1n) is 5.28. The maximum absolute atomic E-state index is 4.70. The minimum absolute atomic E-state index is 0.809. The molecule has 0 N–H and O–H groups in total. The van der Waals surface area contributed by atoms with Gasteiger partial charge in [0.15, 0.2) is 0 Å². The Balaban J connectivity index is 1.84. The van der Waals surface area contributed by atoms with Crippen LogP contribution in [-0.4, -0.2) is 10.1 Å². The van der Waals surface area contributed by atoms with E-state index in [2.05, 4.69) is 10.1 Å². The van der Waals surface area contributed by atoms with Crippen molar-refractivity contribution in [3.8, 4) is 0 Å². The number of allylic oxidation sites excluding steroid dienone is 4. The van der Waals surface area contributed by atoms with E-state index in [1.165, 1.54) is 0 Å². The summed E-state index contributed by atoms with van der Waals surface area (Å²) in [5, 5.41) is 3.76. The molecule has 0 aliphatic heterocycles. The van der Waals surface area contributed by atoms with E-state index in [0.29, 0.717) is 0 Å². The van der Waals surface area contributed by atoms with Gasteiger partial charge in [-0.3, -0.25) is 4.98 Å². The van der Waals surface area contributed by atoms with Gasteiger partial charge < -0.3 is 4.52 Å². The first-order valence-corrected chi connectivity index (χ1v) is 5.28. The van der Waals surface area contributed by atoms with Crippen LogP contribution in [0.25, 0.3) is 12.2 Å². The van der Waals surface area contributed by atoms with Crippen molar-refractivity contribution in [2.24, 2.45) is 0 Å². The molecule has 17 heavy (non-hydrogen) atoms. The molecule has 0 spiro atoms. The van der Waals surface area contributed by atoms with Gasteiger partial charge in [0.25, 0.3) is 0 Å². The molecule has 0 saturated carbocycles. The molecular formula is C14H12N2O. The maximum Gasteiger partial charge on any atom is 0.124 e.